The first-order valence-corrected chi connectivity index (χ1v) is 7.23. The molecule has 1 heterocycles. The lowest BCUT2D eigenvalue weighted by atomic mass is 9.96. The Morgan fingerprint density at radius 3 is 2.35 bits per heavy atom. The molecule has 0 aromatic heterocycles. The van der Waals surface area contributed by atoms with Crippen LogP contribution in [0.4, 0.5) is 0 Å². The van der Waals surface area contributed by atoms with E-state index in [-0.39, 0.29) is 23.8 Å². The normalized spacial score (nSPS) is 18.4. The summed E-state index contributed by atoms with van der Waals surface area (Å²) >= 11 is 0. The summed E-state index contributed by atoms with van der Waals surface area (Å²) < 4.78 is 0. The highest BCUT2D eigenvalue weighted by Gasteiger charge is 2.31. The summed E-state index contributed by atoms with van der Waals surface area (Å²) in [6.45, 7) is 5.19. The fraction of sp³-hybridized carbons (Fsp3) is 0.500. The van der Waals surface area contributed by atoms with Gasteiger partial charge in [0.05, 0.1) is 6.04 Å². The molecule has 108 valence electrons. The van der Waals surface area contributed by atoms with Crippen molar-refractivity contribution in [2.75, 3.05) is 13.1 Å². The molecule has 20 heavy (non-hydrogen) atoms. The van der Waals surface area contributed by atoms with Crippen molar-refractivity contribution < 1.29 is 9.59 Å². The maximum absolute atomic E-state index is 12.1. The lowest BCUT2D eigenvalue weighted by Crippen LogP contribution is -2.46. The molecule has 0 bridgehead atoms. The highest BCUT2D eigenvalue weighted by atomic mass is 16.2. The van der Waals surface area contributed by atoms with Crippen LogP contribution >= 0.6 is 0 Å². The highest BCUT2D eigenvalue weighted by Crippen LogP contribution is 2.22. The number of nitrogens with one attached hydrogen (secondary N) is 1. The van der Waals surface area contributed by atoms with Gasteiger partial charge < -0.3 is 5.32 Å². The fourth-order valence-electron chi connectivity index (χ4n) is 2.63. The molecule has 4 nitrogen and oxygen atoms in total. The Hall–Kier alpha value is -1.68. The van der Waals surface area contributed by atoms with Gasteiger partial charge in [-0.3, -0.25) is 14.5 Å². The minimum atomic E-state index is -0.0485. The van der Waals surface area contributed by atoms with Gasteiger partial charge in [0.2, 0.25) is 11.8 Å². The fourth-order valence-corrected chi connectivity index (χ4v) is 2.63. The van der Waals surface area contributed by atoms with Gasteiger partial charge in [0.25, 0.3) is 0 Å². The van der Waals surface area contributed by atoms with E-state index < -0.39 is 0 Å². The molecule has 1 aliphatic rings. The van der Waals surface area contributed by atoms with Crippen molar-refractivity contribution in [2.45, 2.75) is 32.7 Å². The zero-order valence-electron chi connectivity index (χ0n) is 12.1. The second-order valence-electron chi connectivity index (χ2n) is 5.43. The van der Waals surface area contributed by atoms with Crippen LogP contribution in [0.3, 0.4) is 0 Å². The first-order valence-electron chi connectivity index (χ1n) is 7.23. The number of amides is 2. The third-order valence-electron chi connectivity index (χ3n) is 3.67. The van der Waals surface area contributed by atoms with Crippen LogP contribution in [0.15, 0.2) is 30.3 Å². The second kappa shape index (κ2) is 6.66. The van der Waals surface area contributed by atoms with Gasteiger partial charge in [0, 0.05) is 19.4 Å². The summed E-state index contributed by atoms with van der Waals surface area (Å²) in [7, 11) is 0. The molecule has 1 aliphatic heterocycles. The molecule has 1 atom stereocenters. The van der Waals surface area contributed by atoms with E-state index >= 15 is 0 Å². The van der Waals surface area contributed by atoms with Gasteiger partial charge in [-0.05, 0) is 18.0 Å². The van der Waals surface area contributed by atoms with Crippen molar-refractivity contribution in [1.82, 2.24) is 10.2 Å². The van der Waals surface area contributed by atoms with Gasteiger partial charge in [-0.1, -0.05) is 44.2 Å². The van der Waals surface area contributed by atoms with Gasteiger partial charge in [-0.2, -0.15) is 0 Å². The van der Waals surface area contributed by atoms with Crippen molar-refractivity contribution in [3.8, 4) is 0 Å². The maximum atomic E-state index is 12.1. The van der Waals surface area contributed by atoms with E-state index in [1.807, 2.05) is 44.2 Å². The van der Waals surface area contributed by atoms with Crippen molar-refractivity contribution in [2.24, 2.45) is 5.92 Å². The molecule has 1 unspecified atom stereocenters. The minimum Gasteiger partial charge on any atom is -0.309 e. The third-order valence-corrected chi connectivity index (χ3v) is 3.67. The van der Waals surface area contributed by atoms with Crippen LogP contribution < -0.4 is 5.32 Å². The minimum absolute atomic E-state index is 0.00232. The van der Waals surface area contributed by atoms with Crippen molar-refractivity contribution >= 4 is 11.8 Å². The lowest BCUT2D eigenvalue weighted by Gasteiger charge is -2.31. The standard InChI is InChI=1S/C16H22N2O2/c1-3-17-14(13-7-5-4-6-8-13)11-18-15(19)9-12(2)10-16(18)20/h4-8,12,14,17H,3,9-11H2,1-2H3. The van der Waals surface area contributed by atoms with Crippen LogP contribution in [-0.2, 0) is 9.59 Å². The maximum Gasteiger partial charge on any atom is 0.229 e. The summed E-state index contributed by atoms with van der Waals surface area (Å²) in [6.07, 6.45) is 0.943. The molecule has 0 saturated carbocycles. The van der Waals surface area contributed by atoms with Gasteiger partial charge in [-0.25, -0.2) is 0 Å². The molecule has 0 spiro atoms. The Morgan fingerprint density at radius 2 is 1.80 bits per heavy atom. The number of benzene rings is 1. The Morgan fingerprint density at radius 1 is 1.20 bits per heavy atom. The highest BCUT2D eigenvalue weighted by molar-refractivity contribution is 5.97. The second-order valence-corrected chi connectivity index (χ2v) is 5.43. The molecule has 2 amide bonds. The average Bonchev–Trinajstić information content (AvgIpc) is 2.42. The summed E-state index contributed by atoms with van der Waals surface area (Å²) in [5.41, 5.74) is 1.11. The van der Waals surface area contributed by atoms with Gasteiger partial charge in [-0.15, -0.1) is 0 Å². The first kappa shape index (κ1) is 14.7. The molecule has 1 fully saturated rings. The van der Waals surface area contributed by atoms with E-state index in [1.165, 1.54) is 4.90 Å². The van der Waals surface area contributed by atoms with E-state index in [9.17, 15) is 9.59 Å². The number of likely N-dealkylation sites (tertiary alicyclic amines) is 1. The molecule has 1 aromatic carbocycles. The van der Waals surface area contributed by atoms with E-state index in [0.717, 1.165) is 12.1 Å². The quantitative estimate of drug-likeness (QED) is 0.837. The molecule has 1 N–H and O–H groups in total. The number of piperidine rings is 1. The molecule has 0 aliphatic carbocycles. The summed E-state index contributed by atoms with van der Waals surface area (Å²) in [6, 6.07) is 9.96. The Labute approximate surface area is 120 Å². The molecule has 2 rings (SSSR count). The molecular formula is C16H22N2O2. The Bertz CT molecular complexity index is 455. The van der Waals surface area contributed by atoms with Crippen LogP contribution in [0.5, 0.6) is 0 Å². The smallest absolute Gasteiger partial charge is 0.229 e. The summed E-state index contributed by atoms with van der Waals surface area (Å²) in [5, 5.41) is 3.35. The van der Waals surface area contributed by atoms with Gasteiger partial charge >= 0.3 is 0 Å². The molecule has 1 aromatic rings. The molecule has 1 saturated heterocycles. The third kappa shape index (κ3) is 3.45. The zero-order chi connectivity index (χ0) is 14.5. The van der Waals surface area contributed by atoms with E-state index in [0.29, 0.717) is 19.4 Å². The molecule has 4 heteroatoms. The van der Waals surface area contributed by atoms with Crippen molar-refractivity contribution in [3.63, 3.8) is 0 Å². The van der Waals surface area contributed by atoms with Crippen LogP contribution in [0.1, 0.15) is 38.3 Å². The number of hydrogen-bond donors (Lipinski definition) is 1. The SMILES string of the molecule is CCNC(CN1C(=O)CC(C)CC1=O)c1ccccc1. The van der Waals surface area contributed by atoms with Crippen LogP contribution in [0, 0.1) is 5.92 Å². The van der Waals surface area contributed by atoms with E-state index in [4.69, 9.17) is 0 Å². The van der Waals surface area contributed by atoms with Crippen LogP contribution in [0.2, 0.25) is 0 Å². The van der Waals surface area contributed by atoms with E-state index in [1.54, 1.807) is 0 Å². The monoisotopic (exact) mass is 274 g/mol. The number of imide groups is 1. The molecule has 0 radical (unpaired) electrons. The average molecular weight is 274 g/mol. The Kier molecular flexibility index (Phi) is 4.90. The van der Waals surface area contributed by atoms with Crippen LogP contribution in [0.25, 0.3) is 0 Å². The molecular weight excluding hydrogens is 252 g/mol. The zero-order valence-corrected chi connectivity index (χ0v) is 12.1. The van der Waals surface area contributed by atoms with Crippen molar-refractivity contribution in [1.29, 1.82) is 0 Å². The predicted molar refractivity (Wildman–Crippen MR) is 78.0 cm³/mol. The van der Waals surface area contributed by atoms with Gasteiger partial charge in [0.15, 0.2) is 0 Å². The summed E-state index contributed by atoms with van der Waals surface area (Å²) in [4.78, 5) is 25.5. The number of nitrogens with zero attached hydrogens (tertiary/aromatic N) is 1. The predicted octanol–water partition coefficient (Wildman–Crippen LogP) is 2.12. The number of likely N-dealkylation sites (N-methyl/N-ethyl adjacent to an activating group) is 1. The number of hydrogen-bond acceptors (Lipinski definition) is 3. The number of rotatable bonds is 5. The van der Waals surface area contributed by atoms with Gasteiger partial charge in [0.1, 0.15) is 0 Å². The first-order chi connectivity index (χ1) is 9.61. The summed E-state index contributed by atoms with van der Waals surface area (Å²) in [5.74, 6) is 0.0701. The van der Waals surface area contributed by atoms with Crippen LogP contribution in [-0.4, -0.2) is 29.8 Å². The number of carbonyl (C=O) groups excluding carboxylic acids is 2. The number of carbonyl (C=O) groups is 2. The van der Waals surface area contributed by atoms with E-state index in [2.05, 4.69) is 5.32 Å². The Balaban J connectivity index is 2.12. The topological polar surface area (TPSA) is 49.4 Å². The lowest BCUT2D eigenvalue weighted by molar-refractivity contribution is -0.150. The largest absolute Gasteiger partial charge is 0.309 e. The van der Waals surface area contributed by atoms with Crippen molar-refractivity contribution in [3.05, 3.63) is 35.9 Å².